The van der Waals surface area contributed by atoms with Gasteiger partial charge in [0.25, 0.3) is 0 Å². The second kappa shape index (κ2) is 7.40. The predicted octanol–water partition coefficient (Wildman–Crippen LogP) is 3.45. The van der Waals surface area contributed by atoms with E-state index in [0.29, 0.717) is 18.4 Å². The van der Waals surface area contributed by atoms with Gasteiger partial charge < -0.3 is 4.90 Å². The van der Waals surface area contributed by atoms with Crippen molar-refractivity contribution in [2.45, 2.75) is 31.7 Å². The van der Waals surface area contributed by atoms with Crippen LogP contribution in [-0.2, 0) is 17.6 Å². The summed E-state index contributed by atoms with van der Waals surface area (Å²) in [7, 11) is 0. The standard InChI is InChI=1S/C22H26N2O/c25-22(13-10-18-6-2-1-3-7-18)24-16-14-23(15-17-24)21-12-11-19-8-4-5-9-20(19)21/h1-9,21H,10-17H2. The summed E-state index contributed by atoms with van der Waals surface area (Å²) in [6.07, 6.45) is 3.88. The van der Waals surface area contributed by atoms with Gasteiger partial charge in [-0.05, 0) is 36.0 Å². The Balaban J connectivity index is 1.29. The van der Waals surface area contributed by atoms with Crippen LogP contribution in [0.2, 0.25) is 0 Å². The van der Waals surface area contributed by atoms with Crippen LogP contribution in [-0.4, -0.2) is 41.9 Å². The molecule has 1 aliphatic carbocycles. The highest BCUT2D eigenvalue weighted by Gasteiger charge is 2.30. The Morgan fingerprint density at radius 1 is 0.920 bits per heavy atom. The largest absolute Gasteiger partial charge is 0.340 e. The maximum atomic E-state index is 12.5. The maximum absolute atomic E-state index is 12.5. The molecule has 1 fully saturated rings. The first-order chi connectivity index (χ1) is 12.3. The molecule has 0 bridgehead atoms. The molecule has 2 aromatic carbocycles. The lowest BCUT2D eigenvalue weighted by Crippen LogP contribution is -2.49. The van der Waals surface area contributed by atoms with Gasteiger partial charge in [-0.15, -0.1) is 0 Å². The Bertz CT molecular complexity index is 720. The van der Waals surface area contributed by atoms with Gasteiger partial charge in [-0.1, -0.05) is 54.6 Å². The minimum Gasteiger partial charge on any atom is -0.340 e. The van der Waals surface area contributed by atoms with Gasteiger partial charge in [-0.25, -0.2) is 0 Å². The van der Waals surface area contributed by atoms with E-state index in [1.165, 1.54) is 29.5 Å². The summed E-state index contributed by atoms with van der Waals surface area (Å²) in [4.78, 5) is 17.1. The normalized spacial score (nSPS) is 20.5. The van der Waals surface area contributed by atoms with Gasteiger partial charge in [0.05, 0.1) is 0 Å². The minimum absolute atomic E-state index is 0.301. The quantitative estimate of drug-likeness (QED) is 0.855. The van der Waals surface area contributed by atoms with Crippen molar-refractivity contribution in [2.75, 3.05) is 26.2 Å². The SMILES string of the molecule is O=C(CCc1ccccc1)N1CCN(C2CCc3ccccc32)CC1. The number of carbonyl (C=O) groups is 1. The Kier molecular flexibility index (Phi) is 4.84. The Labute approximate surface area is 150 Å². The summed E-state index contributed by atoms with van der Waals surface area (Å²) < 4.78 is 0. The molecule has 2 aliphatic rings. The molecule has 0 N–H and O–H groups in total. The highest BCUT2D eigenvalue weighted by atomic mass is 16.2. The third kappa shape index (κ3) is 3.62. The molecule has 4 rings (SSSR count). The Morgan fingerprint density at radius 3 is 2.44 bits per heavy atom. The summed E-state index contributed by atoms with van der Waals surface area (Å²) in [5.74, 6) is 0.301. The van der Waals surface area contributed by atoms with Crippen molar-refractivity contribution >= 4 is 5.91 Å². The fourth-order valence-corrected chi connectivity index (χ4v) is 4.25. The molecular weight excluding hydrogens is 308 g/mol. The first-order valence-corrected chi connectivity index (χ1v) is 9.45. The van der Waals surface area contributed by atoms with Crippen molar-refractivity contribution < 1.29 is 4.79 Å². The Morgan fingerprint density at radius 2 is 1.64 bits per heavy atom. The molecule has 0 radical (unpaired) electrons. The molecule has 1 atom stereocenters. The fraction of sp³-hybridized carbons (Fsp3) is 0.409. The van der Waals surface area contributed by atoms with Crippen molar-refractivity contribution in [2.24, 2.45) is 0 Å². The van der Waals surface area contributed by atoms with Gasteiger partial charge in [-0.2, -0.15) is 0 Å². The van der Waals surface area contributed by atoms with Crippen molar-refractivity contribution in [1.82, 2.24) is 9.80 Å². The van der Waals surface area contributed by atoms with E-state index in [9.17, 15) is 4.79 Å². The first-order valence-electron chi connectivity index (χ1n) is 9.45. The number of fused-ring (bicyclic) bond motifs is 1. The second-order valence-electron chi connectivity index (χ2n) is 7.16. The van der Waals surface area contributed by atoms with E-state index in [1.54, 1.807) is 0 Å². The van der Waals surface area contributed by atoms with Gasteiger partial charge >= 0.3 is 0 Å². The van der Waals surface area contributed by atoms with Crippen LogP contribution in [0.1, 0.15) is 35.6 Å². The molecule has 1 unspecified atom stereocenters. The summed E-state index contributed by atoms with van der Waals surface area (Å²) in [5, 5.41) is 0. The lowest BCUT2D eigenvalue weighted by atomic mass is 10.1. The van der Waals surface area contributed by atoms with Gasteiger partial charge in [0.15, 0.2) is 0 Å². The predicted molar refractivity (Wildman–Crippen MR) is 100 cm³/mol. The molecule has 0 spiro atoms. The van der Waals surface area contributed by atoms with E-state index in [0.717, 1.165) is 32.6 Å². The van der Waals surface area contributed by atoms with Gasteiger partial charge in [0.1, 0.15) is 0 Å². The molecule has 3 nitrogen and oxygen atoms in total. The van der Waals surface area contributed by atoms with E-state index in [1.807, 2.05) is 18.2 Å². The second-order valence-corrected chi connectivity index (χ2v) is 7.16. The van der Waals surface area contributed by atoms with E-state index in [-0.39, 0.29) is 0 Å². The summed E-state index contributed by atoms with van der Waals surface area (Å²) in [6.45, 7) is 3.73. The zero-order valence-electron chi connectivity index (χ0n) is 14.7. The van der Waals surface area contributed by atoms with Gasteiger partial charge in [0, 0.05) is 38.6 Å². The summed E-state index contributed by atoms with van der Waals surface area (Å²) in [5.41, 5.74) is 4.26. The highest BCUT2D eigenvalue weighted by molar-refractivity contribution is 5.76. The van der Waals surface area contributed by atoms with Crippen LogP contribution in [0, 0.1) is 0 Å². The zero-order valence-corrected chi connectivity index (χ0v) is 14.7. The molecule has 130 valence electrons. The number of hydrogen-bond acceptors (Lipinski definition) is 2. The smallest absolute Gasteiger partial charge is 0.222 e. The minimum atomic E-state index is 0.301. The van der Waals surface area contributed by atoms with Crippen molar-refractivity contribution in [3.8, 4) is 0 Å². The molecule has 1 heterocycles. The van der Waals surface area contributed by atoms with E-state index in [4.69, 9.17) is 0 Å². The van der Waals surface area contributed by atoms with Crippen LogP contribution in [0.5, 0.6) is 0 Å². The van der Waals surface area contributed by atoms with Crippen molar-refractivity contribution in [3.05, 3.63) is 71.3 Å². The van der Waals surface area contributed by atoms with Crippen LogP contribution in [0.25, 0.3) is 0 Å². The maximum Gasteiger partial charge on any atom is 0.222 e. The Hall–Kier alpha value is -2.13. The molecule has 1 amide bonds. The van der Waals surface area contributed by atoms with Gasteiger partial charge in [-0.3, -0.25) is 9.69 Å². The van der Waals surface area contributed by atoms with E-state index >= 15 is 0 Å². The average Bonchev–Trinajstić information content (AvgIpc) is 3.11. The number of piperazine rings is 1. The molecule has 3 heteroatoms. The first kappa shape index (κ1) is 16.3. The fourth-order valence-electron chi connectivity index (χ4n) is 4.25. The zero-order chi connectivity index (χ0) is 17.1. The third-order valence-corrected chi connectivity index (χ3v) is 5.68. The number of amides is 1. The summed E-state index contributed by atoms with van der Waals surface area (Å²) in [6, 6.07) is 19.7. The van der Waals surface area contributed by atoms with Crippen LogP contribution >= 0.6 is 0 Å². The molecule has 1 aliphatic heterocycles. The van der Waals surface area contributed by atoms with Crippen LogP contribution in [0.4, 0.5) is 0 Å². The molecular formula is C22H26N2O. The van der Waals surface area contributed by atoms with Crippen LogP contribution in [0.3, 0.4) is 0 Å². The lowest BCUT2D eigenvalue weighted by molar-refractivity contribution is -0.133. The number of nitrogens with zero attached hydrogens (tertiary/aromatic N) is 2. The number of aryl methyl sites for hydroxylation is 2. The van der Waals surface area contributed by atoms with Crippen LogP contribution < -0.4 is 0 Å². The van der Waals surface area contributed by atoms with E-state index < -0.39 is 0 Å². The molecule has 1 saturated heterocycles. The number of benzene rings is 2. The van der Waals surface area contributed by atoms with E-state index in [2.05, 4.69) is 46.2 Å². The molecule has 0 aromatic heterocycles. The summed E-state index contributed by atoms with van der Waals surface area (Å²) >= 11 is 0. The molecule has 2 aromatic rings. The van der Waals surface area contributed by atoms with Gasteiger partial charge in [0.2, 0.25) is 5.91 Å². The topological polar surface area (TPSA) is 23.6 Å². The van der Waals surface area contributed by atoms with Crippen LogP contribution in [0.15, 0.2) is 54.6 Å². The molecule has 0 saturated carbocycles. The monoisotopic (exact) mass is 334 g/mol. The molecule has 25 heavy (non-hydrogen) atoms. The number of rotatable bonds is 4. The average molecular weight is 334 g/mol. The lowest BCUT2D eigenvalue weighted by Gasteiger charge is -2.38. The van der Waals surface area contributed by atoms with Crippen molar-refractivity contribution in [1.29, 1.82) is 0 Å². The highest BCUT2D eigenvalue weighted by Crippen LogP contribution is 2.35. The third-order valence-electron chi connectivity index (χ3n) is 5.68. The number of hydrogen-bond donors (Lipinski definition) is 0. The van der Waals surface area contributed by atoms with Crippen molar-refractivity contribution in [3.63, 3.8) is 0 Å². The number of carbonyl (C=O) groups excluding carboxylic acids is 1.